The van der Waals surface area contributed by atoms with Crippen LogP contribution in [0.15, 0.2) is 12.1 Å². The van der Waals surface area contributed by atoms with Gasteiger partial charge in [-0.15, -0.1) is 0 Å². The summed E-state index contributed by atoms with van der Waals surface area (Å²) in [4.78, 5) is 15.4. The van der Waals surface area contributed by atoms with Crippen LogP contribution in [0.3, 0.4) is 0 Å². The summed E-state index contributed by atoms with van der Waals surface area (Å²) >= 11 is 11.9. The molecule has 0 atom stereocenters. The van der Waals surface area contributed by atoms with E-state index in [1.807, 2.05) is 0 Å². The Labute approximate surface area is 131 Å². The molecule has 8 heteroatoms. The molecule has 0 aliphatic heterocycles. The van der Waals surface area contributed by atoms with E-state index in [1.165, 1.54) is 0 Å². The predicted octanol–water partition coefficient (Wildman–Crippen LogP) is 2.59. The maximum Gasteiger partial charge on any atom is 0.323 e. The van der Waals surface area contributed by atoms with Gasteiger partial charge in [0.05, 0.1) is 34.3 Å². The minimum Gasteiger partial charge on any atom is -0.480 e. The van der Waals surface area contributed by atoms with E-state index < -0.39 is 5.97 Å². The third-order valence-electron chi connectivity index (χ3n) is 2.83. The molecule has 0 saturated carbocycles. The lowest BCUT2D eigenvalue weighted by Gasteiger charge is -2.07. The van der Waals surface area contributed by atoms with Crippen molar-refractivity contribution in [1.82, 2.24) is 9.55 Å². The summed E-state index contributed by atoms with van der Waals surface area (Å²) in [6.07, 6.45) is 0. The summed E-state index contributed by atoms with van der Waals surface area (Å²) < 4.78 is 11.8. The zero-order valence-electron chi connectivity index (χ0n) is 11.3. The van der Waals surface area contributed by atoms with Gasteiger partial charge >= 0.3 is 5.97 Å². The van der Waals surface area contributed by atoms with Gasteiger partial charge in [-0.2, -0.15) is 0 Å². The Morgan fingerprint density at radius 1 is 1.33 bits per heavy atom. The maximum absolute atomic E-state index is 11.0. The number of halogens is 2. The normalized spacial score (nSPS) is 11.2. The van der Waals surface area contributed by atoms with Gasteiger partial charge in [0.1, 0.15) is 19.0 Å². The Balaban J connectivity index is 2.35. The van der Waals surface area contributed by atoms with Crippen molar-refractivity contribution in [2.75, 3.05) is 20.3 Å². The van der Waals surface area contributed by atoms with E-state index in [2.05, 4.69) is 4.98 Å². The lowest BCUT2D eigenvalue weighted by molar-refractivity contribution is -0.137. The standard InChI is InChI=1S/C13H14Cl2N2O4/c1-20-2-3-21-7-12-16-10-4-8(14)9(15)5-11(10)17(12)6-13(18)19/h4-5H,2-3,6-7H2,1H3,(H,18,19). The van der Waals surface area contributed by atoms with Crippen LogP contribution in [0.4, 0.5) is 0 Å². The van der Waals surface area contributed by atoms with E-state index in [1.54, 1.807) is 23.8 Å². The molecule has 1 heterocycles. The van der Waals surface area contributed by atoms with Gasteiger partial charge in [0.15, 0.2) is 0 Å². The number of aliphatic carboxylic acids is 1. The van der Waals surface area contributed by atoms with Crippen LogP contribution >= 0.6 is 23.2 Å². The molecule has 1 N–H and O–H groups in total. The van der Waals surface area contributed by atoms with E-state index in [9.17, 15) is 4.79 Å². The lowest BCUT2D eigenvalue weighted by Crippen LogP contribution is -2.13. The van der Waals surface area contributed by atoms with Crippen molar-refractivity contribution in [2.45, 2.75) is 13.2 Å². The average Bonchev–Trinajstić information content (AvgIpc) is 2.73. The Morgan fingerprint density at radius 3 is 2.71 bits per heavy atom. The van der Waals surface area contributed by atoms with Crippen LogP contribution in [0.5, 0.6) is 0 Å². The highest BCUT2D eigenvalue weighted by Crippen LogP contribution is 2.28. The quantitative estimate of drug-likeness (QED) is 0.789. The van der Waals surface area contributed by atoms with Crippen LogP contribution in [0.1, 0.15) is 5.82 Å². The molecule has 1 aromatic carbocycles. The number of fused-ring (bicyclic) bond motifs is 1. The monoisotopic (exact) mass is 332 g/mol. The smallest absolute Gasteiger partial charge is 0.323 e. The van der Waals surface area contributed by atoms with E-state index in [0.29, 0.717) is 40.1 Å². The summed E-state index contributed by atoms with van der Waals surface area (Å²) in [5.41, 5.74) is 1.19. The van der Waals surface area contributed by atoms with Gasteiger partial charge in [-0.05, 0) is 12.1 Å². The number of benzene rings is 1. The Kier molecular flexibility index (Phi) is 5.41. The average molecular weight is 333 g/mol. The first-order valence-electron chi connectivity index (χ1n) is 6.15. The molecule has 2 rings (SSSR count). The molecule has 0 aliphatic rings. The van der Waals surface area contributed by atoms with Crippen molar-refractivity contribution >= 4 is 40.2 Å². The highest BCUT2D eigenvalue weighted by molar-refractivity contribution is 6.42. The highest BCUT2D eigenvalue weighted by atomic mass is 35.5. The van der Waals surface area contributed by atoms with Crippen molar-refractivity contribution in [3.63, 3.8) is 0 Å². The number of ether oxygens (including phenoxy) is 2. The minimum absolute atomic E-state index is 0.181. The van der Waals surface area contributed by atoms with Crippen LogP contribution in [0.25, 0.3) is 11.0 Å². The highest BCUT2D eigenvalue weighted by Gasteiger charge is 2.15. The van der Waals surface area contributed by atoms with Crippen LogP contribution < -0.4 is 0 Å². The first kappa shape index (κ1) is 16.0. The number of carboxylic acid groups (broad SMARTS) is 1. The molecule has 0 unspecified atom stereocenters. The number of hydrogen-bond donors (Lipinski definition) is 1. The first-order chi connectivity index (χ1) is 10.0. The molecule has 21 heavy (non-hydrogen) atoms. The van der Waals surface area contributed by atoms with Crippen molar-refractivity contribution < 1.29 is 19.4 Å². The van der Waals surface area contributed by atoms with Crippen LogP contribution in [-0.4, -0.2) is 41.0 Å². The van der Waals surface area contributed by atoms with Crippen molar-refractivity contribution in [2.24, 2.45) is 0 Å². The molecule has 6 nitrogen and oxygen atoms in total. The minimum atomic E-state index is -0.974. The fourth-order valence-electron chi connectivity index (χ4n) is 1.90. The van der Waals surface area contributed by atoms with Crippen molar-refractivity contribution in [1.29, 1.82) is 0 Å². The summed E-state index contributed by atoms with van der Waals surface area (Å²) in [7, 11) is 1.58. The third-order valence-corrected chi connectivity index (χ3v) is 3.55. The van der Waals surface area contributed by atoms with E-state index >= 15 is 0 Å². The molecular weight excluding hydrogens is 319 g/mol. The number of imidazole rings is 1. The fraction of sp³-hybridized carbons (Fsp3) is 0.385. The Hall–Kier alpha value is -1.34. The maximum atomic E-state index is 11.0. The zero-order chi connectivity index (χ0) is 15.4. The SMILES string of the molecule is COCCOCc1nc2cc(Cl)c(Cl)cc2n1CC(=O)O. The Bertz CT molecular complexity index is 657. The third kappa shape index (κ3) is 3.85. The number of methoxy groups -OCH3 is 1. The summed E-state index contributed by atoms with van der Waals surface area (Å²) in [6.45, 7) is 0.809. The van der Waals surface area contributed by atoms with Gasteiger partial charge in [0.25, 0.3) is 0 Å². The predicted molar refractivity (Wildman–Crippen MR) is 78.9 cm³/mol. The summed E-state index contributed by atoms with van der Waals surface area (Å²) in [5, 5.41) is 9.76. The van der Waals surface area contributed by atoms with Gasteiger partial charge in [-0.25, -0.2) is 4.98 Å². The van der Waals surface area contributed by atoms with E-state index in [-0.39, 0.29) is 13.2 Å². The lowest BCUT2D eigenvalue weighted by atomic mass is 10.3. The second-order valence-corrected chi connectivity index (χ2v) is 5.12. The number of carboxylic acids is 1. The molecule has 1 aromatic heterocycles. The molecule has 0 saturated heterocycles. The molecule has 0 radical (unpaired) electrons. The van der Waals surface area contributed by atoms with Crippen molar-refractivity contribution in [3.8, 4) is 0 Å². The number of carbonyl (C=O) groups is 1. The van der Waals surface area contributed by atoms with Gasteiger partial charge in [0, 0.05) is 7.11 Å². The second-order valence-electron chi connectivity index (χ2n) is 4.31. The summed E-state index contributed by atoms with van der Waals surface area (Å²) in [5.74, 6) is -0.472. The second kappa shape index (κ2) is 7.09. The fourth-order valence-corrected chi connectivity index (χ4v) is 2.21. The largest absolute Gasteiger partial charge is 0.480 e. The molecule has 114 valence electrons. The first-order valence-corrected chi connectivity index (χ1v) is 6.91. The Morgan fingerprint density at radius 2 is 2.05 bits per heavy atom. The molecule has 0 spiro atoms. The van der Waals surface area contributed by atoms with Crippen LogP contribution in [-0.2, 0) is 27.4 Å². The molecule has 0 amide bonds. The van der Waals surface area contributed by atoms with Gasteiger partial charge < -0.3 is 19.1 Å². The number of hydrogen-bond acceptors (Lipinski definition) is 4. The van der Waals surface area contributed by atoms with Gasteiger partial charge in [0.2, 0.25) is 0 Å². The van der Waals surface area contributed by atoms with Gasteiger partial charge in [-0.1, -0.05) is 23.2 Å². The van der Waals surface area contributed by atoms with E-state index in [0.717, 1.165) is 0 Å². The van der Waals surface area contributed by atoms with Crippen molar-refractivity contribution in [3.05, 3.63) is 28.0 Å². The number of rotatable bonds is 7. The zero-order valence-corrected chi connectivity index (χ0v) is 12.8. The van der Waals surface area contributed by atoms with Gasteiger partial charge in [-0.3, -0.25) is 4.79 Å². The molecule has 0 bridgehead atoms. The van der Waals surface area contributed by atoms with Crippen LogP contribution in [0, 0.1) is 0 Å². The molecule has 0 aliphatic carbocycles. The molecular formula is C13H14Cl2N2O4. The topological polar surface area (TPSA) is 73.6 Å². The number of aromatic nitrogens is 2. The molecule has 2 aromatic rings. The van der Waals surface area contributed by atoms with Crippen LogP contribution in [0.2, 0.25) is 10.0 Å². The summed E-state index contributed by atoms with van der Waals surface area (Å²) in [6, 6.07) is 3.21. The molecule has 0 fully saturated rings. The van der Waals surface area contributed by atoms with E-state index in [4.69, 9.17) is 37.8 Å². The number of nitrogens with zero attached hydrogens (tertiary/aromatic N) is 2.